The number of rotatable bonds is 2. The number of nitrogens with zero attached hydrogens (tertiary/aromatic N) is 2. The first-order valence-electron chi connectivity index (χ1n) is 3.52. The molecule has 0 aromatic rings. The fourth-order valence-electron chi connectivity index (χ4n) is 0. The molecule has 0 amide bonds. The summed E-state index contributed by atoms with van der Waals surface area (Å²) < 4.78 is 0. The van der Waals surface area contributed by atoms with E-state index in [2.05, 4.69) is 0 Å². The van der Waals surface area contributed by atoms with E-state index in [1.165, 1.54) is 0 Å². The second-order valence-corrected chi connectivity index (χ2v) is 2.82. The van der Waals surface area contributed by atoms with Crippen LogP contribution >= 0.6 is 0 Å². The van der Waals surface area contributed by atoms with Crippen LogP contribution in [-0.4, -0.2) is 61.2 Å². The van der Waals surface area contributed by atoms with Gasteiger partial charge in [-0.3, -0.25) is 9.80 Å². The molecule has 4 heteroatoms. The van der Waals surface area contributed by atoms with Gasteiger partial charge < -0.3 is 10.2 Å². The zero-order valence-electron chi connectivity index (χ0n) is 8.07. The minimum atomic E-state index is -0.315. The highest BCUT2D eigenvalue weighted by Gasteiger charge is 1.92. The third-order valence-corrected chi connectivity index (χ3v) is 1.03. The van der Waals surface area contributed by atoms with Crippen molar-refractivity contribution in [2.24, 2.45) is 0 Å². The second kappa shape index (κ2) is 7.94. The van der Waals surface area contributed by atoms with Crippen LogP contribution in [0.25, 0.3) is 0 Å². The van der Waals surface area contributed by atoms with Crippen molar-refractivity contribution in [2.45, 2.75) is 13.2 Å². The minimum Gasteiger partial charge on any atom is -0.381 e. The molecule has 0 heterocycles. The van der Waals surface area contributed by atoms with Crippen molar-refractivity contribution in [1.29, 1.82) is 0 Å². The summed E-state index contributed by atoms with van der Waals surface area (Å²) in [6, 6.07) is 0. The summed E-state index contributed by atoms with van der Waals surface area (Å²) >= 11 is 0. The fraction of sp³-hybridized carbons (Fsp3) is 1.00. The maximum absolute atomic E-state index is 8.56. The van der Waals surface area contributed by atoms with E-state index in [9.17, 15) is 0 Å². The van der Waals surface area contributed by atoms with E-state index in [1.807, 2.05) is 14.1 Å². The highest BCUT2D eigenvalue weighted by molar-refractivity contribution is 4.35. The van der Waals surface area contributed by atoms with Gasteiger partial charge in [-0.2, -0.15) is 0 Å². The maximum atomic E-state index is 8.56. The van der Waals surface area contributed by atoms with Gasteiger partial charge in [0.2, 0.25) is 0 Å². The summed E-state index contributed by atoms with van der Waals surface area (Å²) in [6.07, 6.45) is -0.315. The van der Waals surface area contributed by atoms with Crippen molar-refractivity contribution in [3.8, 4) is 0 Å². The standard InChI is InChI=1S/C4H11NO.C3H9NO/c1-4(6)5(2)3;1-4(2)3-5/h4,6H,1-3H3;5H,3H2,1-2H3. The number of hydrogen-bond donors (Lipinski definition) is 2. The van der Waals surface area contributed by atoms with Gasteiger partial charge in [0.05, 0.1) is 6.73 Å². The minimum absolute atomic E-state index is 0.139. The number of aliphatic hydroxyl groups is 2. The first kappa shape index (κ1) is 13.4. The van der Waals surface area contributed by atoms with Gasteiger partial charge >= 0.3 is 0 Å². The molecule has 0 saturated carbocycles. The van der Waals surface area contributed by atoms with E-state index in [4.69, 9.17) is 10.2 Å². The van der Waals surface area contributed by atoms with Crippen molar-refractivity contribution < 1.29 is 10.2 Å². The average molecular weight is 164 g/mol. The predicted molar refractivity (Wildman–Crippen MR) is 46.1 cm³/mol. The summed E-state index contributed by atoms with van der Waals surface area (Å²) in [7, 11) is 7.26. The van der Waals surface area contributed by atoms with E-state index in [-0.39, 0.29) is 13.0 Å². The Morgan fingerprint density at radius 3 is 1.36 bits per heavy atom. The average Bonchev–Trinajstić information content (AvgIpc) is 1.89. The molecule has 0 radical (unpaired) electrons. The Labute approximate surface area is 69.0 Å². The maximum Gasteiger partial charge on any atom is 0.104 e. The molecule has 1 unspecified atom stereocenters. The fourth-order valence-corrected chi connectivity index (χ4v) is 0. The Bertz CT molecular complexity index is 68.8. The lowest BCUT2D eigenvalue weighted by molar-refractivity contribution is 0.0578. The highest BCUT2D eigenvalue weighted by Crippen LogP contribution is 1.79. The molecule has 1 atom stereocenters. The lowest BCUT2D eigenvalue weighted by atomic mass is 10.6. The van der Waals surface area contributed by atoms with Gasteiger partial charge in [0.15, 0.2) is 0 Å². The molecular weight excluding hydrogens is 144 g/mol. The highest BCUT2D eigenvalue weighted by atomic mass is 16.3. The Kier molecular flexibility index (Phi) is 9.70. The van der Waals surface area contributed by atoms with Crippen molar-refractivity contribution in [3.63, 3.8) is 0 Å². The third-order valence-electron chi connectivity index (χ3n) is 1.03. The zero-order valence-corrected chi connectivity index (χ0v) is 8.07. The smallest absolute Gasteiger partial charge is 0.104 e. The van der Waals surface area contributed by atoms with E-state index >= 15 is 0 Å². The second-order valence-electron chi connectivity index (χ2n) is 2.82. The van der Waals surface area contributed by atoms with Crippen LogP contribution in [0.4, 0.5) is 0 Å². The molecule has 0 aromatic carbocycles. The molecule has 11 heavy (non-hydrogen) atoms. The molecule has 0 aliphatic carbocycles. The Morgan fingerprint density at radius 2 is 1.36 bits per heavy atom. The first-order valence-corrected chi connectivity index (χ1v) is 3.52. The molecule has 0 fully saturated rings. The third kappa shape index (κ3) is 17.7. The molecule has 0 saturated heterocycles. The van der Waals surface area contributed by atoms with Crippen molar-refractivity contribution in [1.82, 2.24) is 9.80 Å². The van der Waals surface area contributed by atoms with Crippen LogP contribution in [0, 0.1) is 0 Å². The van der Waals surface area contributed by atoms with Crippen LogP contribution in [0.3, 0.4) is 0 Å². The summed E-state index contributed by atoms with van der Waals surface area (Å²) in [5.74, 6) is 0. The van der Waals surface area contributed by atoms with Gasteiger partial charge in [-0.1, -0.05) is 0 Å². The molecule has 0 aliphatic rings. The van der Waals surface area contributed by atoms with Gasteiger partial charge in [0.25, 0.3) is 0 Å². The van der Waals surface area contributed by atoms with Gasteiger partial charge in [-0.15, -0.1) is 0 Å². The lowest BCUT2D eigenvalue weighted by Crippen LogP contribution is -2.23. The molecule has 0 spiro atoms. The lowest BCUT2D eigenvalue weighted by Gasteiger charge is -2.11. The largest absolute Gasteiger partial charge is 0.381 e. The van der Waals surface area contributed by atoms with Crippen LogP contribution < -0.4 is 0 Å². The monoisotopic (exact) mass is 164 g/mol. The van der Waals surface area contributed by atoms with Crippen molar-refractivity contribution >= 4 is 0 Å². The first-order chi connectivity index (χ1) is 4.91. The molecule has 0 aromatic heterocycles. The molecule has 4 nitrogen and oxygen atoms in total. The summed E-state index contributed by atoms with van der Waals surface area (Å²) in [5.41, 5.74) is 0. The Hall–Kier alpha value is -0.160. The molecular formula is C7H20N2O2. The molecule has 0 bridgehead atoms. The molecule has 2 N–H and O–H groups in total. The van der Waals surface area contributed by atoms with E-state index < -0.39 is 0 Å². The van der Waals surface area contributed by atoms with Gasteiger partial charge in [-0.05, 0) is 35.1 Å². The van der Waals surface area contributed by atoms with Crippen LogP contribution in [0.2, 0.25) is 0 Å². The van der Waals surface area contributed by atoms with Gasteiger partial charge in [0, 0.05) is 0 Å². The van der Waals surface area contributed by atoms with E-state index in [1.54, 1.807) is 30.8 Å². The summed E-state index contributed by atoms with van der Waals surface area (Å²) in [4.78, 5) is 3.40. The molecule has 0 rings (SSSR count). The van der Waals surface area contributed by atoms with Gasteiger partial charge in [0.1, 0.15) is 6.23 Å². The quantitative estimate of drug-likeness (QED) is 0.534. The van der Waals surface area contributed by atoms with E-state index in [0.717, 1.165) is 0 Å². The van der Waals surface area contributed by atoms with Crippen molar-refractivity contribution in [2.75, 3.05) is 34.9 Å². The van der Waals surface area contributed by atoms with Crippen LogP contribution in [0.1, 0.15) is 6.92 Å². The normalized spacial score (nSPS) is 12.8. The predicted octanol–water partition coefficient (Wildman–Crippen LogP) is -0.616. The van der Waals surface area contributed by atoms with Crippen LogP contribution in [0.15, 0.2) is 0 Å². The van der Waals surface area contributed by atoms with Crippen molar-refractivity contribution in [3.05, 3.63) is 0 Å². The summed E-state index contributed by atoms with van der Waals surface area (Å²) in [6.45, 7) is 1.86. The van der Waals surface area contributed by atoms with Crippen LogP contribution in [0.5, 0.6) is 0 Å². The Morgan fingerprint density at radius 1 is 1.18 bits per heavy atom. The number of aliphatic hydroxyl groups excluding tert-OH is 2. The number of hydrogen-bond acceptors (Lipinski definition) is 4. The van der Waals surface area contributed by atoms with Gasteiger partial charge in [-0.25, -0.2) is 0 Å². The summed E-state index contributed by atoms with van der Waals surface area (Å²) in [5, 5.41) is 16.6. The van der Waals surface area contributed by atoms with Crippen LogP contribution in [-0.2, 0) is 0 Å². The van der Waals surface area contributed by atoms with E-state index in [0.29, 0.717) is 0 Å². The SMILES string of the molecule is CC(O)N(C)C.CN(C)CO. The molecule has 70 valence electrons. The zero-order chi connectivity index (χ0) is 9.44. The Balaban J connectivity index is 0. The molecule has 0 aliphatic heterocycles. The topological polar surface area (TPSA) is 46.9 Å².